The molecule has 0 fully saturated rings. The van der Waals surface area contributed by atoms with Gasteiger partial charge < -0.3 is 9.47 Å². The molecule has 0 saturated heterocycles. The molecule has 0 bridgehead atoms. The van der Waals surface area contributed by atoms with E-state index in [0.29, 0.717) is 5.56 Å². The average molecular weight is 442 g/mol. The standard InChI is InChI=1S/C17H16BrNO6S/c1-10(16(20)11-3-5-12(18)6-4-11)25-17(21)14-9-13(26(19,22)23)7-8-15(14)24-2/h3-10H,1-2H3,(H2,19,22,23). The minimum Gasteiger partial charge on any atom is -0.496 e. The summed E-state index contributed by atoms with van der Waals surface area (Å²) in [6.07, 6.45) is -1.08. The SMILES string of the molecule is COc1ccc(S(N)(=O)=O)cc1C(=O)OC(C)C(=O)c1ccc(Br)cc1. The minimum atomic E-state index is -4.01. The van der Waals surface area contributed by atoms with Crippen LogP contribution < -0.4 is 9.88 Å². The van der Waals surface area contributed by atoms with E-state index in [4.69, 9.17) is 14.6 Å². The fraction of sp³-hybridized carbons (Fsp3) is 0.176. The molecule has 0 aliphatic rings. The molecule has 0 saturated carbocycles. The van der Waals surface area contributed by atoms with Crippen LogP contribution in [-0.2, 0) is 14.8 Å². The molecule has 1 unspecified atom stereocenters. The number of nitrogens with two attached hydrogens (primary N) is 1. The molecule has 0 aliphatic carbocycles. The number of benzene rings is 2. The van der Waals surface area contributed by atoms with E-state index in [2.05, 4.69) is 15.9 Å². The van der Waals surface area contributed by atoms with Gasteiger partial charge in [-0.1, -0.05) is 28.1 Å². The monoisotopic (exact) mass is 441 g/mol. The third-order valence-electron chi connectivity index (χ3n) is 3.50. The first-order chi connectivity index (χ1) is 12.1. The van der Waals surface area contributed by atoms with Crippen molar-refractivity contribution in [2.75, 3.05) is 7.11 Å². The van der Waals surface area contributed by atoms with Gasteiger partial charge in [-0.2, -0.15) is 0 Å². The summed E-state index contributed by atoms with van der Waals surface area (Å²) < 4.78 is 34.0. The summed E-state index contributed by atoms with van der Waals surface area (Å²) in [6, 6.07) is 10.1. The summed E-state index contributed by atoms with van der Waals surface area (Å²) in [4.78, 5) is 24.5. The number of hydrogen-bond acceptors (Lipinski definition) is 6. The second-order valence-corrected chi connectivity index (χ2v) is 7.80. The van der Waals surface area contributed by atoms with E-state index in [-0.39, 0.29) is 16.2 Å². The number of sulfonamides is 1. The van der Waals surface area contributed by atoms with Crippen LogP contribution >= 0.6 is 15.9 Å². The Hall–Kier alpha value is -2.23. The zero-order chi connectivity index (χ0) is 19.5. The first-order valence-corrected chi connectivity index (χ1v) is 9.69. The molecule has 2 aromatic carbocycles. The maximum absolute atomic E-state index is 12.4. The van der Waals surface area contributed by atoms with Gasteiger partial charge in [0, 0.05) is 10.0 Å². The van der Waals surface area contributed by atoms with E-state index >= 15 is 0 Å². The Morgan fingerprint density at radius 2 is 1.73 bits per heavy atom. The van der Waals surface area contributed by atoms with E-state index in [1.807, 2.05) is 0 Å². The lowest BCUT2D eigenvalue weighted by molar-refractivity contribution is 0.0315. The zero-order valence-electron chi connectivity index (χ0n) is 13.9. The third kappa shape index (κ3) is 4.69. The molecular formula is C17H16BrNO6S. The Labute approximate surface area is 159 Å². The van der Waals surface area contributed by atoms with Crippen molar-refractivity contribution in [1.82, 2.24) is 0 Å². The van der Waals surface area contributed by atoms with Crippen molar-refractivity contribution in [3.8, 4) is 5.75 Å². The van der Waals surface area contributed by atoms with E-state index in [0.717, 1.165) is 10.5 Å². The highest BCUT2D eigenvalue weighted by Gasteiger charge is 2.24. The van der Waals surface area contributed by atoms with Crippen LogP contribution in [0.5, 0.6) is 5.75 Å². The van der Waals surface area contributed by atoms with Gasteiger partial charge in [0.1, 0.15) is 11.3 Å². The quantitative estimate of drug-likeness (QED) is 0.544. The highest BCUT2D eigenvalue weighted by atomic mass is 79.9. The number of ether oxygens (including phenoxy) is 2. The highest BCUT2D eigenvalue weighted by molar-refractivity contribution is 9.10. The summed E-state index contributed by atoms with van der Waals surface area (Å²) in [5.74, 6) is -1.19. The molecule has 0 radical (unpaired) electrons. The Kier molecular flexibility index (Phi) is 6.17. The van der Waals surface area contributed by atoms with Crippen molar-refractivity contribution >= 4 is 37.7 Å². The number of Topliss-reactive ketones (excluding diaryl/α,β-unsaturated/α-hetero) is 1. The largest absolute Gasteiger partial charge is 0.496 e. The zero-order valence-corrected chi connectivity index (χ0v) is 16.3. The molecule has 138 valence electrons. The van der Waals surface area contributed by atoms with Crippen LogP contribution in [0, 0.1) is 0 Å². The highest BCUT2D eigenvalue weighted by Crippen LogP contribution is 2.23. The molecule has 2 rings (SSSR count). The Morgan fingerprint density at radius 1 is 1.12 bits per heavy atom. The molecule has 0 aromatic heterocycles. The number of rotatable bonds is 6. The van der Waals surface area contributed by atoms with Crippen LogP contribution in [0.25, 0.3) is 0 Å². The van der Waals surface area contributed by atoms with Crippen molar-refractivity contribution in [1.29, 1.82) is 0 Å². The third-order valence-corrected chi connectivity index (χ3v) is 4.94. The number of carbonyl (C=O) groups excluding carboxylic acids is 2. The van der Waals surface area contributed by atoms with Crippen LogP contribution in [0.1, 0.15) is 27.6 Å². The molecule has 9 heteroatoms. The summed E-state index contributed by atoms with van der Waals surface area (Å²) >= 11 is 3.27. The number of ketones is 1. The van der Waals surface area contributed by atoms with Crippen LogP contribution in [-0.4, -0.2) is 33.4 Å². The van der Waals surface area contributed by atoms with Gasteiger partial charge in [-0.25, -0.2) is 18.4 Å². The van der Waals surface area contributed by atoms with Gasteiger partial charge in [0.05, 0.1) is 12.0 Å². The average Bonchev–Trinajstić information content (AvgIpc) is 2.60. The van der Waals surface area contributed by atoms with Crippen LogP contribution in [0.15, 0.2) is 51.8 Å². The first-order valence-electron chi connectivity index (χ1n) is 7.35. The van der Waals surface area contributed by atoms with Crippen LogP contribution in [0.3, 0.4) is 0 Å². The van der Waals surface area contributed by atoms with Crippen molar-refractivity contribution < 1.29 is 27.5 Å². The number of esters is 1. The predicted molar refractivity (Wildman–Crippen MR) is 97.7 cm³/mol. The lowest BCUT2D eigenvalue weighted by atomic mass is 10.1. The van der Waals surface area contributed by atoms with Crippen molar-refractivity contribution in [3.05, 3.63) is 58.1 Å². The predicted octanol–water partition coefficient (Wildman–Crippen LogP) is 2.53. The summed E-state index contributed by atoms with van der Waals surface area (Å²) in [6.45, 7) is 1.43. The molecule has 1 atom stereocenters. The van der Waals surface area contributed by atoms with Gasteiger partial charge in [-0.05, 0) is 37.3 Å². The second-order valence-electron chi connectivity index (χ2n) is 5.33. The maximum Gasteiger partial charge on any atom is 0.342 e. The summed E-state index contributed by atoms with van der Waals surface area (Å²) in [5, 5.41) is 5.08. The molecule has 0 amide bonds. The maximum atomic E-state index is 12.4. The molecule has 0 spiro atoms. The van der Waals surface area contributed by atoms with E-state index in [1.165, 1.54) is 26.2 Å². The Balaban J connectivity index is 2.25. The van der Waals surface area contributed by atoms with Crippen molar-refractivity contribution in [3.63, 3.8) is 0 Å². The number of halogens is 1. The lowest BCUT2D eigenvalue weighted by Gasteiger charge is -2.14. The molecule has 0 aliphatic heterocycles. The van der Waals surface area contributed by atoms with E-state index in [9.17, 15) is 18.0 Å². The topological polar surface area (TPSA) is 113 Å². The number of primary sulfonamides is 1. The van der Waals surface area contributed by atoms with Gasteiger partial charge in [0.2, 0.25) is 15.8 Å². The fourth-order valence-electron chi connectivity index (χ4n) is 2.15. The molecule has 2 aromatic rings. The molecule has 26 heavy (non-hydrogen) atoms. The Bertz CT molecular complexity index is 940. The Morgan fingerprint density at radius 3 is 2.27 bits per heavy atom. The van der Waals surface area contributed by atoms with Crippen LogP contribution in [0.2, 0.25) is 0 Å². The van der Waals surface area contributed by atoms with Crippen molar-refractivity contribution in [2.45, 2.75) is 17.9 Å². The van der Waals surface area contributed by atoms with E-state index in [1.54, 1.807) is 24.3 Å². The smallest absolute Gasteiger partial charge is 0.342 e. The number of carbonyl (C=O) groups is 2. The van der Waals surface area contributed by atoms with Crippen LogP contribution in [0.4, 0.5) is 0 Å². The van der Waals surface area contributed by atoms with E-state index < -0.39 is 27.9 Å². The molecule has 2 N–H and O–H groups in total. The normalized spacial score (nSPS) is 12.3. The lowest BCUT2D eigenvalue weighted by Crippen LogP contribution is -2.25. The minimum absolute atomic E-state index is 0.102. The number of hydrogen-bond donors (Lipinski definition) is 1. The molecule has 7 nitrogen and oxygen atoms in total. The summed E-state index contributed by atoms with van der Waals surface area (Å²) in [5.41, 5.74) is 0.230. The van der Waals surface area contributed by atoms with Gasteiger partial charge >= 0.3 is 5.97 Å². The first kappa shape index (κ1) is 20.1. The summed E-state index contributed by atoms with van der Waals surface area (Å²) in [7, 11) is -2.69. The van der Waals surface area contributed by atoms with Crippen molar-refractivity contribution in [2.24, 2.45) is 5.14 Å². The molecular weight excluding hydrogens is 426 g/mol. The molecule has 0 heterocycles. The van der Waals surface area contributed by atoms with Gasteiger partial charge in [-0.3, -0.25) is 4.79 Å². The second kappa shape index (κ2) is 7.98. The van der Waals surface area contributed by atoms with Gasteiger partial charge in [0.15, 0.2) is 6.10 Å². The van der Waals surface area contributed by atoms with Gasteiger partial charge in [-0.15, -0.1) is 0 Å². The van der Waals surface area contributed by atoms with Gasteiger partial charge in [0.25, 0.3) is 0 Å². The fourth-order valence-corrected chi connectivity index (χ4v) is 2.95. The number of methoxy groups -OCH3 is 1.